The number of nitro groups is 1. The van der Waals surface area contributed by atoms with Crippen molar-refractivity contribution in [3.63, 3.8) is 0 Å². The highest BCUT2D eigenvalue weighted by Crippen LogP contribution is 2.40. The van der Waals surface area contributed by atoms with E-state index in [4.69, 9.17) is 4.74 Å². The second-order valence-electron chi connectivity index (χ2n) is 7.09. The molecule has 0 saturated carbocycles. The molecule has 1 aromatic carbocycles. The third-order valence-electron chi connectivity index (χ3n) is 5.63. The van der Waals surface area contributed by atoms with E-state index in [1.54, 1.807) is 19.9 Å². The lowest BCUT2D eigenvalue weighted by Gasteiger charge is -2.36. The summed E-state index contributed by atoms with van der Waals surface area (Å²) in [4.78, 5) is 27.4. The minimum absolute atomic E-state index is 0.0175. The molecule has 1 saturated heterocycles. The van der Waals surface area contributed by atoms with Gasteiger partial charge in [0.25, 0.3) is 5.69 Å². The Hall–Kier alpha value is -2.61. The number of H-pyrrole nitrogens is 1. The lowest BCUT2D eigenvalue weighted by Crippen LogP contribution is -2.55. The van der Waals surface area contributed by atoms with Crippen LogP contribution in [0, 0.1) is 17.0 Å². The van der Waals surface area contributed by atoms with Crippen molar-refractivity contribution in [3.8, 4) is 0 Å². The number of hydrogen-bond acceptors (Lipinski definition) is 5. The fourth-order valence-electron chi connectivity index (χ4n) is 3.55. The highest BCUT2D eigenvalue weighted by Gasteiger charge is 2.58. The van der Waals surface area contributed by atoms with Gasteiger partial charge in [-0.3, -0.25) is 15.0 Å². The van der Waals surface area contributed by atoms with Crippen molar-refractivity contribution in [3.05, 3.63) is 39.6 Å². The number of benzene rings is 1. The standard InChI is InChI=1S/C18H23N3O5/c1-5-17(3)18(4,23)20(16(22)26-17)9-8-13-11(2)19-15-7-6-12(21(24)25)10-14(13)15/h6-7,10,19,23H,5,8-9H2,1-4H3/t17-,18+/m0/s1. The summed E-state index contributed by atoms with van der Waals surface area (Å²) in [5, 5.41) is 22.7. The zero-order valence-electron chi connectivity index (χ0n) is 15.3. The van der Waals surface area contributed by atoms with Crippen molar-refractivity contribution in [1.29, 1.82) is 0 Å². The van der Waals surface area contributed by atoms with Crippen molar-refractivity contribution in [2.45, 2.75) is 51.9 Å². The molecular formula is C18H23N3O5. The Morgan fingerprint density at radius 2 is 2.08 bits per heavy atom. The number of rotatable bonds is 5. The molecule has 0 unspecified atom stereocenters. The van der Waals surface area contributed by atoms with Gasteiger partial charge in [-0.05, 0) is 45.2 Å². The fraction of sp³-hybridized carbons (Fsp3) is 0.500. The van der Waals surface area contributed by atoms with E-state index in [9.17, 15) is 20.0 Å². The number of aryl methyl sites for hydroxylation is 1. The van der Waals surface area contributed by atoms with E-state index >= 15 is 0 Å². The van der Waals surface area contributed by atoms with Gasteiger partial charge >= 0.3 is 6.09 Å². The van der Waals surface area contributed by atoms with Crippen molar-refractivity contribution < 1.29 is 19.6 Å². The predicted octanol–water partition coefficient (Wildman–Crippen LogP) is 3.26. The highest BCUT2D eigenvalue weighted by atomic mass is 16.6. The molecule has 8 nitrogen and oxygen atoms in total. The summed E-state index contributed by atoms with van der Waals surface area (Å²) in [6.45, 7) is 7.28. The summed E-state index contributed by atoms with van der Waals surface area (Å²) in [6.07, 6.45) is 0.376. The van der Waals surface area contributed by atoms with E-state index in [1.165, 1.54) is 17.0 Å². The first-order valence-electron chi connectivity index (χ1n) is 8.59. The van der Waals surface area contributed by atoms with Crippen LogP contribution in [-0.4, -0.2) is 43.9 Å². The zero-order chi connectivity index (χ0) is 19.3. The third-order valence-corrected chi connectivity index (χ3v) is 5.63. The predicted molar refractivity (Wildman–Crippen MR) is 95.9 cm³/mol. The van der Waals surface area contributed by atoms with Gasteiger partial charge in [-0.15, -0.1) is 0 Å². The van der Waals surface area contributed by atoms with Gasteiger partial charge in [0.05, 0.1) is 4.92 Å². The molecular weight excluding hydrogens is 338 g/mol. The molecule has 0 spiro atoms. The SMILES string of the molecule is CC[C@]1(C)OC(=O)N(CCc2c(C)[nH]c3ccc([N+](=O)[O-])cc23)[C@]1(C)O. The molecule has 1 aliphatic rings. The van der Waals surface area contributed by atoms with Crippen LogP contribution >= 0.6 is 0 Å². The monoisotopic (exact) mass is 361 g/mol. The Morgan fingerprint density at radius 1 is 1.38 bits per heavy atom. The molecule has 1 aliphatic heterocycles. The van der Waals surface area contributed by atoms with Gasteiger partial charge in [-0.25, -0.2) is 4.79 Å². The number of aromatic amines is 1. The Balaban J connectivity index is 1.90. The Bertz CT molecular complexity index is 888. The number of non-ortho nitro benzene ring substituents is 1. The van der Waals surface area contributed by atoms with Crippen LogP contribution in [0.15, 0.2) is 18.2 Å². The van der Waals surface area contributed by atoms with Crippen LogP contribution in [0.3, 0.4) is 0 Å². The minimum Gasteiger partial charge on any atom is -0.438 e. The summed E-state index contributed by atoms with van der Waals surface area (Å²) in [7, 11) is 0. The number of hydrogen-bond donors (Lipinski definition) is 2. The van der Waals surface area contributed by atoms with Crippen molar-refractivity contribution in [2.75, 3.05) is 6.54 Å². The summed E-state index contributed by atoms with van der Waals surface area (Å²) in [6, 6.07) is 4.67. The first kappa shape index (κ1) is 18.2. The normalized spacial score (nSPS) is 25.7. The van der Waals surface area contributed by atoms with Gasteiger partial charge in [0.2, 0.25) is 0 Å². The van der Waals surface area contributed by atoms with Crippen LogP contribution in [0.1, 0.15) is 38.4 Å². The number of fused-ring (bicyclic) bond motifs is 1. The molecule has 3 rings (SSSR count). The smallest absolute Gasteiger partial charge is 0.412 e. The van der Waals surface area contributed by atoms with Crippen molar-refractivity contribution in [2.24, 2.45) is 0 Å². The molecule has 1 amide bonds. The highest BCUT2D eigenvalue weighted by molar-refractivity contribution is 5.86. The van der Waals surface area contributed by atoms with Crippen LogP contribution in [0.2, 0.25) is 0 Å². The van der Waals surface area contributed by atoms with Gasteiger partial charge < -0.3 is 14.8 Å². The Labute approximate surface area is 150 Å². The summed E-state index contributed by atoms with van der Waals surface area (Å²) >= 11 is 0. The van der Waals surface area contributed by atoms with Gasteiger partial charge in [-0.2, -0.15) is 0 Å². The molecule has 26 heavy (non-hydrogen) atoms. The molecule has 2 N–H and O–H groups in total. The topological polar surface area (TPSA) is 109 Å². The van der Waals surface area contributed by atoms with Gasteiger partial charge in [0.15, 0.2) is 11.3 Å². The molecule has 8 heteroatoms. The molecule has 140 valence electrons. The van der Waals surface area contributed by atoms with E-state index in [2.05, 4.69) is 4.98 Å². The lowest BCUT2D eigenvalue weighted by atomic mass is 9.90. The lowest BCUT2D eigenvalue weighted by molar-refractivity contribution is -0.384. The van der Waals surface area contributed by atoms with Crippen molar-refractivity contribution in [1.82, 2.24) is 9.88 Å². The van der Waals surface area contributed by atoms with E-state index in [1.807, 2.05) is 13.8 Å². The second-order valence-corrected chi connectivity index (χ2v) is 7.09. The maximum Gasteiger partial charge on any atom is 0.412 e. The summed E-state index contributed by atoms with van der Waals surface area (Å²) in [5.41, 5.74) is 0.188. The minimum atomic E-state index is -1.43. The number of amides is 1. The van der Waals surface area contributed by atoms with Crippen LogP contribution in [0.5, 0.6) is 0 Å². The quantitative estimate of drug-likeness (QED) is 0.627. The van der Waals surface area contributed by atoms with Crippen molar-refractivity contribution >= 4 is 22.7 Å². The van der Waals surface area contributed by atoms with Gasteiger partial charge in [-0.1, -0.05) is 6.92 Å². The number of aromatic nitrogens is 1. The molecule has 2 heterocycles. The average molecular weight is 361 g/mol. The van der Waals surface area contributed by atoms with Crippen LogP contribution < -0.4 is 0 Å². The Morgan fingerprint density at radius 3 is 2.65 bits per heavy atom. The molecule has 1 fully saturated rings. The number of nitro benzene ring substituents is 1. The largest absolute Gasteiger partial charge is 0.438 e. The molecule has 0 radical (unpaired) electrons. The van der Waals surface area contributed by atoms with Crippen LogP contribution in [0.4, 0.5) is 10.5 Å². The third kappa shape index (κ3) is 2.61. The van der Waals surface area contributed by atoms with Crippen LogP contribution in [0.25, 0.3) is 10.9 Å². The summed E-state index contributed by atoms with van der Waals surface area (Å²) in [5.74, 6) is 0. The van der Waals surface area contributed by atoms with E-state index < -0.39 is 22.3 Å². The van der Waals surface area contributed by atoms with E-state index in [-0.39, 0.29) is 12.2 Å². The number of carbonyl (C=O) groups is 1. The van der Waals surface area contributed by atoms with E-state index in [0.717, 1.165) is 22.2 Å². The first-order chi connectivity index (χ1) is 12.1. The molecule has 0 bridgehead atoms. The van der Waals surface area contributed by atoms with E-state index in [0.29, 0.717) is 12.8 Å². The average Bonchev–Trinajstić information content (AvgIpc) is 2.97. The summed E-state index contributed by atoms with van der Waals surface area (Å²) < 4.78 is 5.40. The number of nitrogens with zero attached hydrogens (tertiary/aromatic N) is 2. The number of aliphatic hydroxyl groups is 1. The van der Waals surface area contributed by atoms with Gasteiger partial charge in [0, 0.05) is 35.3 Å². The fourth-order valence-corrected chi connectivity index (χ4v) is 3.55. The number of carbonyl (C=O) groups excluding carboxylic acids is 1. The number of ether oxygens (including phenoxy) is 1. The zero-order valence-corrected chi connectivity index (χ0v) is 15.3. The second kappa shape index (κ2) is 5.98. The molecule has 2 atom stereocenters. The maximum absolute atomic E-state index is 12.3. The molecule has 2 aromatic rings. The number of cyclic esters (lactones) is 1. The first-order valence-corrected chi connectivity index (χ1v) is 8.59. The molecule has 0 aliphatic carbocycles. The number of nitrogens with one attached hydrogen (secondary N) is 1. The maximum atomic E-state index is 12.3. The van der Waals surface area contributed by atoms with Crippen LogP contribution in [-0.2, 0) is 11.2 Å². The Kier molecular flexibility index (Phi) is 4.18. The molecule has 1 aromatic heterocycles. The van der Waals surface area contributed by atoms with Gasteiger partial charge in [0.1, 0.15) is 0 Å².